The molecule has 1 aromatic rings. The molecule has 7 nitrogen and oxygen atoms in total. The Morgan fingerprint density at radius 2 is 2.12 bits per heavy atom. The van der Waals surface area contributed by atoms with Crippen molar-refractivity contribution in [2.75, 3.05) is 31.1 Å². The number of fused-ring (bicyclic) bond motifs is 1. The summed E-state index contributed by atoms with van der Waals surface area (Å²) in [6, 6.07) is 3.41. The summed E-state index contributed by atoms with van der Waals surface area (Å²) in [6.07, 6.45) is -0.373. The molecule has 0 radical (unpaired) electrons. The lowest BCUT2D eigenvalue weighted by Gasteiger charge is -2.42. The molecule has 1 amide bonds. The van der Waals surface area contributed by atoms with E-state index in [0.717, 1.165) is 15.7 Å². The normalized spacial score (nSPS) is 20.0. The van der Waals surface area contributed by atoms with E-state index >= 15 is 0 Å². The van der Waals surface area contributed by atoms with Crippen molar-refractivity contribution >= 4 is 33.7 Å². The smallest absolute Gasteiger partial charge is 0.410 e. The minimum absolute atomic E-state index is 0.0990. The maximum Gasteiger partial charge on any atom is 0.410 e. The molecule has 26 heavy (non-hydrogen) atoms. The molecule has 1 aromatic carbocycles. The molecular weight excluding hydrogens is 404 g/mol. The number of carbonyl (C=O) groups excluding carboxylic acids is 2. The van der Waals surface area contributed by atoms with Crippen molar-refractivity contribution in [2.24, 2.45) is 0 Å². The van der Waals surface area contributed by atoms with Crippen LogP contribution in [-0.2, 0) is 16.1 Å². The summed E-state index contributed by atoms with van der Waals surface area (Å²) in [5.41, 5.74) is 1.72. The Morgan fingerprint density at radius 3 is 2.77 bits per heavy atom. The van der Waals surface area contributed by atoms with Crippen LogP contribution in [0.25, 0.3) is 0 Å². The molecule has 3 rings (SSSR count). The third-order valence-electron chi connectivity index (χ3n) is 4.41. The molecule has 2 heterocycles. The zero-order valence-corrected chi connectivity index (χ0v) is 16.7. The fraction of sp³-hybridized carbons (Fsp3) is 0.556. The van der Waals surface area contributed by atoms with Gasteiger partial charge in [0.25, 0.3) is 0 Å². The molecule has 1 fully saturated rings. The van der Waals surface area contributed by atoms with Crippen molar-refractivity contribution in [3.63, 3.8) is 0 Å². The molecule has 1 N–H and O–H groups in total. The van der Waals surface area contributed by atoms with Crippen LogP contribution in [0, 0.1) is 0 Å². The minimum atomic E-state index is -0.557. The van der Waals surface area contributed by atoms with Gasteiger partial charge >= 0.3 is 12.1 Å². The third-order valence-corrected chi connectivity index (χ3v) is 5.04. The van der Waals surface area contributed by atoms with E-state index in [-0.39, 0.29) is 31.3 Å². The van der Waals surface area contributed by atoms with Gasteiger partial charge in [-0.05, 0) is 48.8 Å². The van der Waals surface area contributed by atoms with Crippen LogP contribution >= 0.6 is 15.9 Å². The summed E-state index contributed by atoms with van der Waals surface area (Å²) in [4.78, 5) is 27.7. The Morgan fingerprint density at radius 1 is 1.38 bits per heavy atom. The summed E-state index contributed by atoms with van der Waals surface area (Å²) in [5.74, 6) is -0.319. The highest BCUT2D eigenvalue weighted by Gasteiger charge is 2.33. The standard InChI is InChI=1S/C18H23BrN2O5/c1-18(2,3)26-17(24)20-4-5-21(12(8-20)9-22)15-6-11-10-25-16(23)13(11)7-14(15)19/h6-7,12,22H,4-5,8-10H2,1-3H3/t12-/m0/s1. The number of hydrogen-bond donors (Lipinski definition) is 1. The van der Waals surface area contributed by atoms with Gasteiger partial charge in [-0.25, -0.2) is 9.59 Å². The number of halogens is 1. The molecule has 2 aliphatic heterocycles. The van der Waals surface area contributed by atoms with Gasteiger partial charge in [0.15, 0.2) is 0 Å². The molecular formula is C18H23BrN2O5. The SMILES string of the molecule is CC(C)(C)OC(=O)N1CCN(c2cc3c(cc2Br)C(=O)OC3)[C@H](CO)C1. The number of carbonyl (C=O) groups is 2. The predicted octanol–water partition coefficient (Wildman–Crippen LogP) is 2.54. The molecule has 1 atom stereocenters. The second-order valence-electron chi connectivity index (χ2n) is 7.49. The Bertz CT molecular complexity index is 731. The van der Waals surface area contributed by atoms with Gasteiger partial charge in [0, 0.05) is 29.7 Å². The number of amides is 1. The first kappa shape index (κ1) is 19.0. The maximum absolute atomic E-state index is 12.3. The number of cyclic esters (lactones) is 1. The molecule has 1 saturated heterocycles. The zero-order valence-electron chi connectivity index (χ0n) is 15.1. The van der Waals surface area contributed by atoms with Crippen molar-refractivity contribution in [1.29, 1.82) is 0 Å². The second-order valence-corrected chi connectivity index (χ2v) is 8.35. The number of piperazine rings is 1. The molecule has 2 aliphatic rings. The summed E-state index contributed by atoms with van der Waals surface area (Å²) in [7, 11) is 0. The molecule has 0 aromatic heterocycles. The zero-order chi connectivity index (χ0) is 19.1. The number of aliphatic hydroxyl groups is 1. The van der Waals surface area contributed by atoms with E-state index in [2.05, 4.69) is 15.9 Å². The van der Waals surface area contributed by atoms with Crippen LogP contribution in [0.3, 0.4) is 0 Å². The first-order valence-corrected chi connectivity index (χ1v) is 9.34. The Balaban J connectivity index is 1.79. The van der Waals surface area contributed by atoms with Gasteiger partial charge in [0.1, 0.15) is 12.2 Å². The Kier molecular flexibility index (Phi) is 5.16. The molecule has 8 heteroatoms. The molecule has 0 aliphatic carbocycles. The molecule has 0 saturated carbocycles. The number of anilines is 1. The summed E-state index contributed by atoms with van der Waals surface area (Å²) in [5, 5.41) is 9.87. The van der Waals surface area contributed by atoms with Crippen molar-refractivity contribution in [2.45, 2.75) is 39.0 Å². The molecule has 142 valence electrons. The number of nitrogens with zero attached hydrogens (tertiary/aromatic N) is 2. The topological polar surface area (TPSA) is 79.3 Å². The van der Waals surface area contributed by atoms with Crippen LogP contribution in [0.5, 0.6) is 0 Å². The van der Waals surface area contributed by atoms with Crippen LogP contribution in [0.4, 0.5) is 10.5 Å². The van der Waals surface area contributed by atoms with Gasteiger partial charge in [-0.15, -0.1) is 0 Å². The van der Waals surface area contributed by atoms with Gasteiger partial charge in [0.05, 0.1) is 23.9 Å². The second kappa shape index (κ2) is 7.08. The van der Waals surface area contributed by atoms with E-state index in [4.69, 9.17) is 9.47 Å². The van der Waals surface area contributed by atoms with Gasteiger partial charge in [-0.3, -0.25) is 0 Å². The van der Waals surface area contributed by atoms with E-state index in [1.54, 1.807) is 11.0 Å². The molecule has 0 unspecified atom stereocenters. The van der Waals surface area contributed by atoms with Gasteiger partial charge in [-0.1, -0.05) is 0 Å². The highest BCUT2D eigenvalue weighted by molar-refractivity contribution is 9.10. The lowest BCUT2D eigenvalue weighted by atomic mass is 10.1. The first-order chi connectivity index (χ1) is 12.2. The van der Waals surface area contributed by atoms with Crippen LogP contribution in [0.2, 0.25) is 0 Å². The first-order valence-electron chi connectivity index (χ1n) is 8.54. The lowest BCUT2D eigenvalue weighted by molar-refractivity contribution is 0.0197. The lowest BCUT2D eigenvalue weighted by Crippen LogP contribution is -2.57. The van der Waals surface area contributed by atoms with Gasteiger partial charge in [0.2, 0.25) is 0 Å². The largest absolute Gasteiger partial charge is 0.457 e. The molecule has 0 bridgehead atoms. The highest BCUT2D eigenvalue weighted by atomic mass is 79.9. The summed E-state index contributed by atoms with van der Waals surface area (Å²) < 4.78 is 11.3. The number of rotatable bonds is 2. The molecule has 0 spiro atoms. The van der Waals surface area contributed by atoms with Crippen molar-refractivity contribution < 1.29 is 24.2 Å². The van der Waals surface area contributed by atoms with Gasteiger partial charge < -0.3 is 24.4 Å². The number of esters is 1. The highest BCUT2D eigenvalue weighted by Crippen LogP contribution is 2.35. The van der Waals surface area contributed by atoms with Crippen LogP contribution < -0.4 is 4.90 Å². The van der Waals surface area contributed by atoms with E-state index < -0.39 is 5.60 Å². The minimum Gasteiger partial charge on any atom is -0.457 e. The average Bonchev–Trinajstić information content (AvgIpc) is 2.92. The number of aliphatic hydroxyl groups excluding tert-OH is 1. The third kappa shape index (κ3) is 3.81. The van der Waals surface area contributed by atoms with E-state index in [1.165, 1.54) is 0 Å². The van der Waals surface area contributed by atoms with Crippen LogP contribution in [0.15, 0.2) is 16.6 Å². The summed E-state index contributed by atoms with van der Waals surface area (Å²) in [6.45, 7) is 7.06. The summed E-state index contributed by atoms with van der Waals surface area (Å²) >= 11 is 3.52. The van der Waals surface area contributed by atoms with Crippen molar-refractivity contribution in [3.8, 4) is 0 Å². The fourth-order valence-electron chi connectivity index (χ4n) is 3.18. The van der Waals surface area contributed by atoms with E-state index in [9.17, 15) is 14.7 Å². The monoisotopic (exact) mass is 426 g/mol. The average molecular weight is 427 g/mol. The maximum atomic E-state index is 12.3. The predicted molar refractivity (Wildman–Crippen MR) is 99.3 cm³/mol. The Hall–Kier alpha value is -1.80. The number of benzene rings is 1. The number of hydrogen-bond acceptors (Lipinski definition) is 6. The van der Waals surface area contributed by atoms with Crippen LogP contribution in [0.1, 0.15) is 36.7 Å². The van der Waals surface area contributed by atoms with E-state index in [1.807, 2.05) is 31.7 Å². The Labute approximate surface area is 161 Å². The van der Waals surface area contributed by atoms with Crippen molar-refractivity contribution in [1.82, 2.24) is 4.90 Å². The van der Waals surface area contributed by atoms with Gasteiger partial charge in [-0.2, -0.15) is 0 Å². The quantitative estimate of drug-likeness (QED) is 0.731. The number of ether oxygens (including phenoxy) is 2. The fourth-order valence-corrected chi connectivity index (χ4v) is 3.75. The van der Waals surface area contributed by atoms with Crippen molar-refractivity contribution in [3.05, 3.63) is 27.7 Å². The van der Waals surface area contributed by atoms with E-state index in [0.29, 0.717) is 25.2 Å². The van der Waals surface area contributed by atoms with Crippen LogP contribution in [-0.4, -0.2) is 60.0 Å².